The molecule has 0 bridgehead atoms. The van der Waals surface area contributed by atoms with Crippen molar-refractivity contribution in [3.63, 3.8) is 0 Å². The molecule has 0 aromatic heterocycles. The summed E-state index contributed by atoms with van der Waals surface area (Å²) < 4.78 is 10.3. The summed E-state index contributed by atoms with van der Waals surface area (Å²) in [5.74, 6) is 0.182. The van der Waals surface area contributed by atoms with Gasteiger partial charge in [0.2, 0.25) is 0 Å². The molecule has 0 amide bonds. The second-order valence-corrected chi connectivity index (χ2v) is 4.43. The third-order valence-corrected chi connectivity index (χ3v) is 3.06. The third-order valence-electron chi connectivity index (χ3n) is 3.06. The number of aliphatic hydroxyl groups excluding tert-OH is 1. The van der Waals surface area contributed by atoms with E-state index in [9.17, 15) is 9.90 Å². The molecule has 1 aromatic carbocycles. The largest absolute Gasteiger partial charge is 0.462 e. The summed E-state index contributed by atoms with van der Waals surface area (Å²) in [6.07, 6.45) is 1.25. The summed E-state index contributed by atoms with van der Waals surface area (Å²) in [6.45, 7) is 3.82. The number of carbonyl (C=O) groups is 1. The number of ether oxygens (including phenoxy) is 2. The average molecular weight is 265 g/mol. The zero-order valence-corrected chi connectivity index (χ0v) is 11.0. The van der Waals surface area contributed by atoms with Gasteiger partial charge in [-0.1, -0.05) is 0 Å². The van der Waals surface area contributed by atoms with Crippen molar-refractivity contribution in [2.45, 2.75) is 26.2 Å². The molecule has 104 valence electrons. The molecule has 1 heterocycles. The molecule has 5 heteroatoms. The Balaban J connectivity index is 1.92. The molecule has 1 fully saturated rings. The maximum atomic E-state index is 11.5. The summed E-state index contributed by atoms with van der Waals surface area (Å²) in [7, 11) is 0. The van der Waals surface area contributed by atoms with E-state index in [1.807, 2.05) is 4.90 Å². The number of nitrogens with zero attached hydrogens (tertiary/aromatic N) is 1. The van der Waals surface area contributed by atoms with E-state index in [0.29, 0.717) is 17.9 Å². The summed E-state index contributed by atoms with van der Waals surface area (Å²) in [5, 5.41) is 9.88. The van der Waals surface area contributed by atoms with E-state index >= 15 is 0 Å². The van der Waals surface area contributed by atoms with Gasteiger partial charge in [-0.3, -0.25) is 0 Å². The highest BCUT2D eigenvalue weighted by molar-refractivity contribution is 5.89. The number of rotatable bonds is 5. The van der Waals surface area contributed by atoms with Crippen LogP contribution in [0.5, 0.6) is 5.75 Å². The molecule has 1 aliphatic rings. The number of likely N-dealkylation sites (tertiary alicyclic amines) is 1. The Labute approximate surface area is 112 Å². The SMILES string of the molecule is CCOC(=O)c1ccc(OC(O)N2CCCC2)cc1. The number of hydrogen-bond acceptors (Lipinski definition) is 5. The molecule has 5 nitrogen and oxygen atoms in total. The number of carbonyl (C=O) groups excluding carboxylic acids is 1. The Hall–Kier alpha value is -1.59. The molecule has 0 radical (unpaired) electrons. The second-order valence-electron chi connectivity index (χ2n) is 4.43. The minimum Gasteiger partial charge on any atom is -0.462 e. The fourth-order valence-electron chi connectivity index (χ4n) is 2.04. The third kappa shape index (κ3) is 3.68. The van der Waals surface area contributed by atoms with Gasteiger partial charge in [0.25, 0.3) is 6.41 Å². The fourth-order valence-corrected chi connectivity index (χ4v) is 2.04. The summed E-state index contributed by atoms with van der Waals surface area (Å²) in [6, 6.07) is 6.57. The molecule has 0 spiro atoms. The van der Waals surface area contributed by atoms with Crippen LogP contribution in [0, 0.1) is 0 Å². The molecule has 1 aromatic rings. The van der Waals surface area contributed by atoms with Crippen LogP contribution in [0.3, 0.4) is 0 Å². The predicted molar refractivity (Wildman–Crippen MR) is 69.8 cm³/mol. The van der Waals surface area contributed by atoms with Crippen molar-refractivity contribution in [1.29, 1.82) is 0 Å². The lowest BCUT2D eigenvalue weighted by molar-refractivity contribution is -0.126. The lowest BCUT2D eigenvalue weighted by atomic mass is 10.2. The minimum absolute atomic E-state index is 0.352. The van der Waals surface area contributed by atoms with Crippen molar-refractivity contribution < 1.29 is 19.4 Å². The van der Waals surface area contributed by atoms with Gasteiger partial charge in [-0.25, -0.2) is 9.69 Å². The first kappa shape index (κ1) is 13.8. The minimum atomic E-state index is -0.920. The topological polar surface area (TPSA) is 59.0 Å². The Morgan fingerprint density at radius 3 is 2.53 bits per heavy atom. The molecule has 1 N–H and O–H groups in total. The van der Waals surface area contributed by atoms with Crippen LogP contribution < -0.4 is 4.74 Å². The molecule has 1 aliphatic heterocycles. The Kier molecular flexibility index (Phi) is 4.76. The zero-order chi connectivity index (χ0) is 13.7. The Morgan fingerprint density at radius 1 is 1.32 bits per heavy atom. The quantitative estimate of drug-likeness (QED) is 0.647. The van der Waals surface area contributed by atoms with Gasteiger partial charge in [-0.15, -0.1) is 0 Å². The zero-order valence-electron chi connectivity index (χ0n) is 11.0. The van der Waals surface area contributed by atoms with Gasteiger partial charge >= 0.3 is 5.97 Å². The molecule has 1 saturated heterocycles. The average Bonchev–Trinajstić information content (AvgIpc) is 2.94. The maximum absolute atomic E-state index is 11.5. The molecular formula is C14H19NO4. The van der Waals surface area contributed by atoms with Crippen molar-refractivity contribution in [3.8, 4) is 5.75 Å². The van der Waals surface area contributed by atoms with Crippen molar-refractivity contribution in [2.75, 3.05) is 19.7 Å². The first-order valence-electron chi connectivity index (χ1n) is 6.56. The van der Waals surface area contributed by atoms with Crippen LogP contribution in [0.25, 0.3) is 0 Å². The van der Waals surface area contributed by atoms with Crippen LogP contribution in [0.4, 0.5) is 0 Å². The van der Waals surface area contributed by atoms with Gasteiger partial charge in [0.1, 0.15) is 5.75 Å². The van der Waals surface area contributed by atoms with Crippen molar-refractivity contribution in [2.24, 2.45) is 0 Å². The smallest absolute Gasteiger partial charge is 0.338 e. The van der Waals surface area contributed by atoms with Crippen molar-refractivity contribution in [1.82, 2.24) is 4.90 Å². The molecular weight excluding hydrogens is 246 g/mol. The van der Waals surface area contributed by atoms with E-state index in [1.54, 1.807) is 31.2 Å². The van der Waals surface area contributed by atoms with Crippen molar-refractivity contribution in [3.05, 3.63) is 29.8 Å². The fraction of sp³-hybridized carbons (Fsp3) is 0.500. The Morgan fingerprint density at radius 2 is 1.95 bits per heavy atom. The highest BCUT2D eigenvalue weighted by Crippen LogP contribution is 2.17. The summed E-state index contributed by atoms with van der Waals surface area (Å²) in [5.41, 5.74) is 0.477. The van der Waals surface area contributed by atoms with Gasteiger partial charge in [-0.2, -0.15) is 0 Å². The lowest BCUT2D eigenvalue weighted by Gasteiger charge is -2.22. The van der Waals surface area contributed by atoms with Gasteiger partial charge in [0.05, 0.1) is 12.2 Å². The van der Waals surface area contributed by atoms with Crippen molar-refractivity contribution >= 4 is 5.97 Å². The van der Waals surface area contributed by atoms with Crippen LogP contribution in [0.15, 0.2) is 24.3 Å². The molecule has 1 atom stereocenters. The van der Waals surface area contributed by atoms with E-state index in [-0.39, 0.29) is 5.97 Å². The van der Waals surface area contributed by atoms with Gasteiger partial charge in [0.15, 0.2) is 0 Å². The Bertz CT molecular complexity index is 412. The summed E-state index contributed by atoms with van der Waals surface area (Å²) >= 11 is 0. The first-order chi connectivity index (χ1) is 9.20. The molecule has 19 heavy (non-hydrogen) atoms. The lowest BCUT2D eigenvalue weighted by Crippen LogP contribution is -2.37. The number of esters is 1. The van der Waals surface area contributed by atoms with Gasteiger partial charge in [-0.05, 0) is 44.0 Å². The first-order valence-corrected chi connectivity index (χ1v) is 6.56. The normalized spacial score (nSPS) is 17.2. The highest BCUT2D eigenvalue weighted by atomic mass is 16.6. The van der Waals surface area contributed by atoms with E-state index in [2.05, 4.69) is 0 Å². The van der Waals surface area contributed by atoms with Crippen LogP contribution in [-0.4, -0.2) is 42.1 Å². The number of aliphatic hydroxyl groups is 1. The standard InChI is InChI=1S/C14H19NO4/c1-2-18-13(16)11-5-7-12(8-6-11)19-14(17)15-9-3-4-10-15/h5-8,14,17H,2-4,9-10H2,1H3. The molecule has 0 aliphatic carbocycles. The summed E-state index contributed by atoms with van der Waals surface area (Å²) in [4.78, 5) is 13.3. The van der Waals surface area contributed by atoms with E-state index < -0.39 is 6.41 Å². The number of benzene rings is 1. The monoisotopic (exact) mass is 265 g/mol. The highest BCUT2D eigenvalue weighted by Gasteiger charge is 2.20. The second kappa shape index (κ2) is 6.54. The van der Waals surface area contributed by atoms with Crippen LogP contribution in [0.1, 0.15) is 30.1 Å². The molecule has 0 saturated carbocycles. The van der Waals surface area contributed by atoms with E-state index in [0.717, 1.165) is 25.9 Å². The van der Waals surface area contributed by atoms with Crippen LogP contribution >= 0.6 is 0 Å². The van der Waals surface area contributed by atoms with Crippen LogP contribution in [0.2, 0.25) is 0 Å². The van der Waals surface area contributed by atoms with E-state index in [1.165, 1.54) is 0 Å². The van der Waals surface area contributed by atoms with Gasteiger partial charge in [0, 0.05) is 13.1 Å². The molecule has 2 rings (SSSR count). The maximum Gasteiger partial charge on any atom is 0.338 e. The van der Waals surface area contributed by atoms with Crippen LogP contribution in [-0.2, 0) is 4.74 Å². The predicted octanol–water partition coefficient (Wildman–Crippen LogP) is 1.61. The number of hydrogen-bond donors (Lipinski definition) is 1. The molecule has 1 unspecified atom stereocenters. The van der Waals surface area contributed by atoms with E-state index in [4.69, 9.17) is 9.47 Å². The van der Waals surface area contributed by atoms with Gasteiger partial charge < -0.3 is 14.6 Å².